The molecule has 8 nitrogen and oxygen atoms in total. The molecule has 0 aliphatic carbocycles. The number of hydrazone groups is 1. The van der Waals surface area contributed by atoms with Crippen molar-refractivity contribution in [2.75, 3.05) is 32.7 Å². The maximum absolute atomic E-state index is 12.5. The van der Waals surface area contributed by atoms with Crippen molar-refractivity contribution in [1.29, 1.82) is 5.26 Å². The summed E-state index contributed by atoms with van der Waals surface area (Å²) in [6.07, 6.45) is 3.88. The number of hydrogen-bond acceptors (Lipinski definition) is 5. The Balaban J connectivity index is 1.92. The molecule has 2 aliphatic rings. The number of guanidine groups is 1. The molecule has 0 aromatic heterocycles. The van der Waals surface area contributed by atoms with E-state index in [1.54, 1.807) is 5.01 Å². The number of amides is 1. The first kappa shape index (κ1) is 20.1. The Hall–Kier alpha value is -2.63. The quantitative estimate of drug-likeness (QED) is 0.255. The number of nitrogens with zero attached hydrogens (tertiary/aromatic N) is 5. The van der Waals surface area contributed by atoms with Gasteiger partial charge in [0, 0.05) is 30.2 Å². The number of piperazine rings is 1. The number of unbranched alkanes of at least 4 members (excludes halogenated alkanes) is 1. The number of carbonyl (C=O) groups excluding carboxylic acids is 1. The van der Waals surface area contributed by atoms with E-state index in [1.165, 1.54) is 0 Å². The van der Waals surface area contributed by atoms with Crippen LogP contribution >= 0.6 is 11.6 Å². The van der Waals surface area contributed by atoms with Crippen LogP contribution in [0, 0.1) is 11.5 Å². The van der Waals surface area contributed by atoms with E-state index in [2.05, 4.69) is 22.5 Å². The molecular weight excluding hydrogens is 378 g/mol. The van der Waals surface area contributed by atoms with Gasteiger partial charge in [0.25, 0.3) is 0 Å². The Morgan fingerprint density at radius 1 is 1.46 bits per heavy atom. The largest absolute Gasteiger partial charge is 0.330 e. The third-order valence-corrected chi connectivity index (χ3v) is 4.97. The topological polar surface area (TPSA) is 96.1 Å². The highest BCUT2D eigenvalue weighted by atomic mass is 35.5. The van der Waals surface area contributed by atoms with Crippen LogP contribution in [0.3, 0.4) is 0 Å². The first-order valence-corrected chi connectivity index (χ1v) is 9.83. The van der Waals surface area contributed by atoms with Gasteiger partial charge in [0.2, 0.25) is 11.9 Å². The van der Waals surface area contributed by atoms with Crippen molar-refractivity contribution in [3.8, 4) is 6.19 Å². The summed E-state index contributed by atoms with van der Waals surface area (Å²) in [6.45, 7) is 4.81. The third-order valence-electron chi connectivity index (χ3n) is 4.72. The lowest BCUT2D eigenvalue weighted by Crippen LogP contribution is -2.56. The maximum Gasteiger partial charge on any atom is 0.237 e. The van der Waals surface area contributed by atoms with Crippen molar-refractivity contribution in [1.82, 2.24) is 20.5 Å². The molecule has 1 unspecified atom stereocenters. The number of aliphatic imine (C=N–C) groups is 1. The average Bonchev–Trinajstić information content (AvgIpc) is 3.13. The zero-order valence-electron chi connectivity index (χ0n) is 15.9. The van der Waals surface area contributed by atoms with E-state index in [-0.39, 0.29) is 11.9 Å². The molecule has 2 heterocycles. The zero-order valence-corrected chi connectivity index (χ0v) is 16.6. The van der Waals surface area contributed by atoms with Gasteiger partial charge in [-0.15, -0.1) is 0 Å². The molecule has 1 saturated heterocycles. The van der Waals surface area contributed by atoms with E-state index >= 15 is 0 Å². The number of nitrogens with one attached hydrogen (secondary N) is 2. The minimum atomic E-state index is -0.215. The third kappa shape index (κ3) is 4.61. The van der Waals surface area contributed by atoms with Crippen LogP contribution in [0.4, 0.5) is 0 Å². The van der Waals surface area contributed by atoms with Crippen molar-refractivity contribution in [3.63, 3.8) is 0 Å². The molecule has 148 valence electrons. The Kier molecular flexibility index (Phi) is 6.85. The van der Waals surface area contributed by atoms with E-state index in [0.29, 0.717) is 37.2 Å². The summed E-state index contributed by atoms with van der Waals surface area (Å²) < 4.78 is 0. The second-order valence-electron chi connectivity index (χ2n) is 6.65. The van der Waals surface area contributed by atoms with Crippen LogP contribution in [-0.4, -0.2) is 66.3 Å². The summed E-state index contributed by atoms with van der Waals surface area (Å²) in [5, 5.41) is 21.9. The van der Waals surface area contributed by atoms with Crippen LogP contribution in [-0.2, 0) is 4.79 Å². The van der Waals surface area contributed by atoms with Crippen molar-refractivity contribution in [2.24, 2.45) is 10.1 Å². The van der Waals surface area contributed by atoms with Crippen molar-refractivity contribution < 1.29 is 4.79 Å². The first-order chi connectivity index (χ1) is 13.6. The molecule has 28 heavy (non-hydrogen) atoms. The van der Waals surface area contributed by atoms with E-state index < -0.39 is 0 Å². The normalized spacial score (nSPS) is 20.2. The molecule has 1 aromatic rings. The zero-order chi connectivity index (χ0) is 19.9. The average molecular weight is 402 g/mol. The van der Waals surface area contributed by atoms with Gasteiger partial charge in [-0.05, 0) is 18.6 Å². The number of halogens is 1. The molecule has 0 saturated carbocycles. The SMILES string of the molecule is CCCCN=C(NC#N)N1CC(N2CCNCC2=O)C(c2ccc(Cl)cc2)=N1. The predicted molar refractivity (Wildman–Crippen MR) is 109 cm³/mol. The van der Waals surface area contributed by atoms with Crippen LogP contribution < -0.4 is 10.6 Å². The summed E-state index contributed by atoms with van der Waals surface area (Å²) in [4.78, 5) is 18.8. The summed E-state index contributed by atoms with van der Waals surface area (Å²) in [6, 6.07) is 7.20. The first-order valence-electron chi connectivity index (χ1n) is 9.45. The summed E-state index contributed by atoms with van der Waals surface area (Å²) in [5.74, 6) is 0.449. The lowest BCUT2D eigenvalue weighted by Gasteiger charge is -2.33. The van der Waals surface area contributed by atoms with E-state index in [0.717, 1.165) is 30.7 Å². The molecule has 3 rings (SSSR count). The van der Waals surface area contributed by atoms with Crippen molar-refractivity contribution >= 4 is 29.2 Å². The highest BCUT2D eigenvalue weighted by molar-refractivity contribution is 6.30. The Bertz CT molecular complexity index is 799. The molecule has 1 fully saturated rings. The number of nitriles is 1. The molecular formula is C19H24ClN7O. The number of carbonyl (C=O) groups is 1. The fourth-order valence-corrected chi connectivity index (χ4v) is 3.39. The van der Waals surface area contributed by atoms with Crippen molar-refractivity contribution in [3.05, 3.63) is 34.9 Å². The highest BCUT2D eigenvalue weighted by Crippen LogP contribution is 2.21. The van der Waals surface area contributed by atoms with E-state index in [9.17, 15) is 4.79 Å². The smallest absolute Gasteiger partial charge is 0.237 e. The fourth-order valence-electron chi connectivity index (χ4n) is 3.27. The predicted octanol–water partition coefficient (Wildman–Crippen LogP) is 1.39. The van der Waals surface area contributed by atoms with Gasteiger partial charge in [0.1, 0.15) is 0 Å². The lowest BCUT2D eigenvalue weighted by atomic mass is 10.0. The Morgan fingerprint density at radius 3 is 2.93 bits per heavy atom. The highest BCUT2D eigenvalue weighted by Gasteiger charge is 2.37. The van der Waals surface area contributed by atoms with Crippen LogP contribution in [0.5, 0.6) is 0 Å². The van der Waals surface area contributed by atoms with Gasteiger partial charge in [-0.3, -0.25) is 15.1 Å². The second-order valence-corrected chi connectivity index (χ2v) is 7.09. The standard InChI is InChI=1S/C19H24ClN7O/c1-2-3-8-23-19(24-13-21)27-12-16(26-10-9-22-11-17(26)28)18(25-27)14-4-6-15(20)7-5-14/h4-7,16,22H,2-3,8-12H2,1H3,(H,23,24). The van der Waals surface area contributed by atoms with Crippen LogP contribution in [0.2, 0.25) is 5.02 Å². The summed E-state index contributed by atoms with van der Waals surface area (Å²) >= 11 is 6.03. The van der Waals surface area contributed by atoms with Gasteiger partial charge in [0.05, 0.1) is 24.8 Å². The molecule has 0 spiro atoms. The molecule has 2 N–H and O–H groups in total. The maximum atomic E-state index is 12.5. The van der Waals surface area contributed by atoms with Gasteiger partial charge in [0.15, 0.2) is 6.19 Å². The molecule has 1 atom stereocenters. The molecule has 2 aliphatic heterocycles. The summed E-state index contributed by atoms with van der Waals surface area (Å²) in [7, 11) is 0. The van der Waals surface area contributed by atoms with Crippen molar-refractivity contribution in [2.45, 2.75) is 25.8 Å². The Labute approximate surface area is 169 Å². The molecule has 1 aromatic carbocycles. The number of benzene rings is 1. The van der Waals surface area contributed by atoms with E-state index in [4.69, 9.17) is 22.0 Å². The van der Waals surface area contributed by atoms with Crippen LogP contribution in [0.25, 0.3) is 0 Å². The Morgan fingerprint density at radius 2 is 2.25 bits per heavy atom. The molecule has 1 amide bonds. The summed E-state index contributed by atoms with van der Waals surface area (Å²) in [5.41, 5.74) is 1.67. The fraction of sp³-hybridized carbons (Fsp3) is 0.474. The number of hydrogen-bond donors (Lipinski definition) is 2. The minimum Gasteiger partial charge on any atom is -0.330 e. The van der Waals surface area contributed by atoms with Gasteiger partial charge < -0.3 is 10.2 Å². The monoisotopic (exact) mass is 401 g/mol. The van der Waals surface area contributed by atoms with Gasteiger partial charge >= 0.3 is 0 Å². The molecule has 0 bridgehead atoms. The molecule has 9 heteroatoms. The van der Waals surface area contributed by atoms with E-state index in [1.807, 2.05) is 35.4 Å². The number of rotatable bonds is 5. The van der Waals surface area contributed by atoms with Gasteiger partial charge in [-0.25, -0.2) is 5.01 Å². The van der Waals surface area contributed by atoms with Crippen LogP contribution in [0.15, 0.2) is 34.4 Å². The lowest BCUT2D eigenvalue weighted by molar-refractivity contribution is -0.132. The van der Waals surface area contributed by atoms with Gasteiger partial charge in [-0.1, -0.05) is 37.1 Å². The van der Waals surface area contributed by atoms with Crippen LogP contribution in [0.1, 0.15) is 25.3 Å². The molecule has 0 radical (unpaired) electrons. The minimum absolute atomic E-state index is 0.0393. The van der Waals surface area contributed by atoms with Gasteiger partial charge in [-0.2, -0.15) is 10.4 Å². The second kappa shape index (κ2) is 9.53.